The summed E-state index contributed by atoms with van der Waals surface area (Å²) in [5.41, 5.74) is 3.30. The SMILES string of the molecule is CN(C)c1cccc(NC2COc3cc(O)ccc32)c1. The van der Waals surface area contributed by atoms with Crippen LogP contribution < -0.4 is 15.0 Å². The second-order valence-corrected chi connectivity index (χ2v) is 5.17. The molecule has 20 heavy (non-hydrogen) atoms. The molecule has 2 aromatic rings. The monoisotopic (exact) mass is 270 g/mol. The average Bonchev–Trinajstić information content (AvgIpc) is 2.81. The molecule has 4 heteroatoms. The Hall–Kier alpha value is -2.36. The zero-order valence-electron chi connectivity index (χ0n) is 11.6. The Kier molecular flexibility index (Phi) is 3.14. The lowest BCUT2D eigenvalue weighted by Gasteiger charge is -2.17. The Morgan fingerprint density at radius 1 is 1.20 bits per heavy atom. The standard InChI is InChI=1S/C16H18N2O2/c1-18(2)12-5-3-4-11(8-12)17-15-10-20-16-9-13(19)6-7-14(15)16/h3-9,15,17,19H,10H2,1-2H3. The molecule has 1 atom stereocenters. The highest BCUT2D eigenvalue weighted by atomic mass is 16.5. The van der Waals surface area contributed by atoms with E-state index in [4.69, 9.17) is 4.74 Å². The van der Waals surface area contributed by atoms with Crippen LogP contribution in [0.4, 0.5) is 11.4 Å². The van der Waals surface area contributed by atoms with Crippen molar-refractivity contribution in [1.82, 2.24) is 0 Å². The number of nitrogens with zero attached hydrogens (tertiary/aromatic N) is 1. The zero-order chi connectivity index (χ0) is 14.1. The summed E-state index contributed by atoms with van der Waals surface area (Å²) in [6.07, 6.45) is 0. The first kappa shape index (κ1) is 12.7. The van der Waals surface area contributed by atoms with E-state index in [-0.39, 0.29) is 11.8 Å². The number of rotatable bonds is 3. The summed E-state index contributed by atoms with van der Waals surface area (Å²) in [5, 5.41) is 12.9. The highest BCUT2D eigenvalue weighted by Crippen LogP contribution is 2.36. The molecule has 0 aliphatic carbocycles. The van der Waals surface area contributed by atoms with E-state index in [1.54, 1.807) is 12.1 Å². The normalized spacial score (nSPS) is 16.4. The number of ether oxygens (including phenoxy) is 1. The summed E-state index contributed by atoms with van der Waals surface area (Å²) in [6, 6.07) is 13.6. The summed E-state index contributed by atoms with van der Waals surface area (Å²) >= 11 is 0. The summed E-state index contributed by atoms with van der Waals surface area (Å²) in [5.74, 6) is 0.991. The van der Waals surface area contributed by atoms with Crippen molar-refractivity contribution < 1.29 is 9.84 Å². The first-order valence-corrected chi connectivity index (χ1v) is 6.63. The molecule has 0 bridgehead atoms. The van der Waals surface area contributed by atoms with Gasteiger partial charge in [0.25, 0.3) is 0 Å². The minimum atomic E-state index is 0.114. The molecule has 0 fully saturated rings. The van der Waals surface area contributed by atoms with Gasteiger partial charge in [-0.1, -0.05) is 6.07 Å². The summed E-state index contributed by atoms with van der Waals surface area (Å²) in [4.78, 5) is 2.07. The molecule has 0 saturated heterocycles. The first-order valence-electron chi connectivity index (χ1n) is 6.63. The Balaban J connectivity index is 1.82. The van der Waals surface area contributed by atoms with Crippen molar-refractivity contribution in [3.63, 3.8) is 0 Å². The summed E-state index contributed by atoms with van der Waals surface area (Å²) in [6.45, 7) is 0.574. The number of phenolic OH excluding ortho intramolecular Hbond substituents is 1. The van der Waals surface area contributed by atoms with Crippen molar-refractivity contribution in [2.45, 2.75) is 6.04 Å². The Morgan fingerprint density at radius 3 is 2.85 bits per heavy atom. The summed E-state index contributed by atoms with van der Waals surface area (Å²) in [7, 11) is 4.05. The lowest BCUT2D eigenvalue weighted by molar-refractivity contribution is 0.338. The van der Waals surface area contributed by atoms with Crippen molar-refractivity contribution in [2.75, 3.05) is 30.9 Å². The van der Waals surface area contributed by atoms with Gasteiger partial charge < -0.3 is 20.1 Å². The van der Waals surface area contributed by atoms with Gasteiger partial charge in [-0.15, -0.1) is 0 Å². The van der Waals surface area contributed by atoms with Crippen LogP contribution in [0.15, 0.2) is 42.5 Å². The zero-order valence-corrected chi connectivity index (χ0v) is 11.6. The maximum Gasteiger partial charge on any atom is 0.128 e. The molecular weight excluding hydrogens is 252 g/mol. The number of nitrogens with one attached hydrogen (secondary N) is 1. The van der Waals surface area contributed by atoms with Crippen LogP contribution in [0.1, 0.15) is 11.6 Å². The van der Waals surface area contributed by atoms with Gasteiger partial charge >= 0.3 is 0 Å². The van der Waals surface area contributed by atoms with Crippen molar-refractivity contribution in [1.29, 1.82) is 0 Å². The van der Waals surface area contributed by atoms with Crippen LogP contribution >= 0.6 is 0 Å². The van der Waals surface area contributed by atoms with Crippen molar-refractivity contribution in [3.8, 4) is 11.5 Å². The van der Waals surface area contributed by atoms with Gasteiger partial charge in [0.1, 0.15) is 18.1 Å². The van der Waals surface area contributed by atoms with Crippen LogP contribution in [0.25, 0.3) is 0 Å². The fraction of sp³-hybridized carbons (Fsp3) is 0.250. The molecule has 2 N–H and O–H groups in total. The smallest absolute Gasteiger partial charge is 0.128 e. The molecule has 0 saturated carbocycles. The van der Waals surface area contributed by atoms with Crippen molar-refractivity contribution in [3.05, 3.63) is 48.0 Å². The van der Waals surface area contributed by atoms with E-state index in [0.29, 0.717) is 6.61 Å². The van der Waals surface area contributed by atoms with Gasteiger partial charge in [-0.2, -0.15) is 0 Å². The van der Waals surface area contributed by atoms with E-state index in [1.165, 1.54) is 0 Å². The Morgan fingerprint density at radius 2 is 2.05 bits per heavy atom. The molecular formula is C16H18N2O2. The molecule has 0 aromatic heterocycles. The van der Waals surface area contributed by atoms with Crippen LogP contribution in [0.2, 0.25) is 0 Å². The molecule has 4 nitrogen and oxygen atoms in total. The maximum absolute atomic E-state index is 9.46. The lowest BCUT2D eigenvalue weighted by Crippen LogP contribution is -2.13. The third-order valence-electron chi connectivity index (χ3n) is 3.48. The van der Waals surface area contributed by atoms with E-state index in [0.717, 1.165) is 22.7 Å². The van der Waals surface area contributed by atoms with Crippen LogP contribution in [0.5, 0.6) is 11.5 Å². The minimum absolute atomic E-state index is 0.114. The van der Waals surface area contributed by atoms with Gasteiger partial charge in [0.15, 0.2) is 0 Å². The van der Waals surface area contributed by atoms with Crippen molar-refractivity contribution >= 4 is 11.4 Å². The second kappa shape index (κ2) is 4.96. The van der Waals surface area contributed by atoms with Crippen molar-refractivity contribution in [2.24, 2.45) is 0 Å². The van der Waals surface area contributed by atoms with Gasteiger partial charge in [-0.05, 0) is 30.3 Å². The highest BCUT2D eigenvalue weighted by molar-refractivity contribution is 5.59. The summed E-state index contributed by atoms with van der Waals surface area (Å²) < 4.78 is 5.61. The molecule has 104 valence electrons. The Bertz CT molecular complexity index is 626. The third-order valence-corrected chi connectivity index (χ3v) is 3.48. The molecule has 1 unspecified atom stereocenters. The topological polar surface area (TPSA) is 44.7 Å². The molecule has 0 spiro atoms. The van der Waals surface area contributed by atoms with E-state index in [2.05, 4.69) is 22.3 Å². The fourth-order valence-corrected chi connectivity index (χ4v) is 2.39. The molecule has 2 aromatic carbocycles. The van der Waals surface area contributed by atoms with Crippen LogP contribution in [-0.2, 0) is 0 Å². The number of benzene rings is 2. The minimum Gasteiger partial charge on any atom is -0.508 e. The second-order valence-electron chi connectivity index (χ2n) is 5.17. The van der Waals surface area contributed by atoms with E-state index >= 15 is 0 Å². The number of aromatic hydroxyl groups is 1. The quantitative estimate of drug-likeness (QED) is 0.900. The molecule has 0 radical (unpaired) electrons. The number of fused-ring (bicyclic) bond motifs is 1. The predicted molar refractivity (Wildman–Crippen MR) is 80.7 cm³/mol. The van der Waals surface area contributed by atoms with Crippen LogP contribution in [-0.4, -0.2) is 25.8 Å². The Labute approximate surface area is 118 Å². The maximum atomic E-state index is 9.46. The molecule has 1 heterocycles. The van der Waals surface area contributed by atoms with Gasteiger partial charge in [-0.3, -0.25) is 0 Å². The molecule has 3 rings (SSSR count). The van der Waals surface area contributed by atoms with Gasteiger partial charge in [0.2, 0.25) is 0 Å². The first-order chi connectivity index (χ1) is 9.63. The third kappa shape index (κ3) is 2.37. The highest BCUT2D eigenvalue weighted by Gasteiger charge is 2.24. The fourth-order valence-electron chi connectivity index (χ4n) is 2.39. The van der Waals surface area contributed by atoms with Gasteiger partial charge in [0.05, 0.1) is 6.04 Å². The van der Waals surface area contributed by atoms with Crippen LogP contribution in [0.3, 0.4) is 0 Å². The van der Waals surface area contributed by atoms with Crippen LogP contribution in [0, 0.1) is 0 Å². The van der Waals surface area contributed by atoms with Gasteiger partial charge in [-0.25, -0.2) is 0 Å². The number of phenols is 1. The van der Waals surface area contributed by atoms with E-state index in [9.17, 15) is 5.11 Å². The molecule has 1 aliphatic heterocycles. The van der Waals surface area contributed by atoms with E-state index < -0.39 is 0 Å². The molecule has 1 aliphatic rings. The predicted octanol–water partition coefficient (Wildman–Crippen LogP) is 3.00. The average molecular weight is 270 g/mol. The van der Waals surface area contributed by atoms with E-state index in [1.807, 2.05) is 32.3 Å². The molecule has 0 amide bonds. The van der Waals surface area contributed by atoms with Gasteiger partial charge in [0, 0.05) is 37.1 Å². The lowest BCUT2D eigenvalue weighted by atomic mass is 10.1. The largest absolute Gasteiger partial charge is 0.508 e. The number of hydrogen-bond acceptors (Lipinski definition) is 4. The number of anilines is 2. The number of hydrogen-bond donors (Lipinski definition) is 2.